The number of carbonyl (C=O) groups is 4. The van der Waals surface area contributed by atoms with Crippen LogP contribution >= 0.6 is 0 Å². The van der Waals surface area contributed by atoms with Crippen molar-refractivity contribution in [1.29, 1.82) is 0 Å². The van der Waals surface area contributed by atoms with E-state index >= 15 is 0 Å². The smallest absolute Gasteiger partial charge is 0.405 e. The number of carboxylic acid groups (broad SMARTS) is 1. The number of β-lactam (4-membered cyclic amide) rings is 1. The lowest BCUT2D eigenvalue weighted by atomic mass is 9.93. The van der Waals surface area contributed by atoms with E-state index < -0.39 is 36.0 Å². The molecule has 2 aliphatic rings. The van der Waals surface area contributed by atoms with Crippen LogP contribution < -0.4 is 20.1 Å². The maximum atomic E-state index is 12.5. The van der Waals surface area contributed by atoms with Crippen LogP contribution in [0.3, 0.4) is 0 Å². The standard InChI is InChI=1S/C17H20N4O7/c1-27-10-4-3-9(12(5-10)28-2)7-20-11(14(15(20)23)19-17(25)26)8-21-13(22)6-18-16(21)24/h3-5,11,14,19H,6-8H2,1-2H3,(H,18,24)(H,25,26). The van der Waals surface area contributed by atoms with E-state index in [0.29, 0.717) is 17.1 Å². The number of urea groups is 1. The van der Waals surface area contributed by atoms with Gasteiger partial charge in [0.05, 0.1) is 33.4 Å². The maximum absolute atomic E-state index is 12.5. The molecule has 0 aliphatic carbocycles. The van der Waals surface area contributed by atoms with E-state index in [1.54, 1.807) is 18.2 Å². The molecule has 1 aromatic rings. The van der Waals surface area contributed by atoms with Crippen LogP contribution in [0.25, 0.3) is 0 Å². The van der Waals surface area contributed by atoms with Crippen molar-refractivity contribution >= 4 is 23.9 Å². The third-order valence-corrected chi connectivity index (χ3v) is 4.75. The van der Waals surface area contributed by atoms with Gasteiger partial charge < -0.3 is 30.1 Å². The number of imide groups is 1. The zero-order chi connectivity index (χ0) is 20.4. The van der Waals surface area contributed by atoms with Crippen molar-refractivity contribution in [2.45, 2.75) is 18.6 Å². The first-order valence-electron chi connectivity index (χ1n) is 8.44. The summed E-state index contributed by atoms with van der Waals surface area (Å²) in [7, 11) is 3.00. The van der Waals surface area contributed by atoms with Gasteiger partial charge in [0.15, 0.2) is 0 Å². The first kappa shape index (κ1) is 19.3. The van der Waals surface area contributed by atoms with Gasteiger partial charge in [0.1, 0.15) is 17.5 Å². The average molecular weight is 392 g/mol. The Balaban J connectivity index is 1.82. The van der Waals surface area contributed by atoms with Crippen molar-refractivity contribution in [1.82, 2.24) is 20.4 Å². The molecular formula is C17H20N4O7. The Bertz CT molecular complexity index is 812. The normalized spacial score (nSPS) is 21.3. The lowest BCUT2D eigenvalue weighted by Gasteiger charge is -2.47. The summed E-state index contributed by atoms with van der Waals surface area (Å²) in [6.07, 6.45) is -1.36. The molecule has 150 valence electrons. The number of hydrogen-bond donors (Lipinski definition) is 3. The summed E-state index contributed by atoms with van der Waals surface area (Å²) in [5, 5.41) is 13.5. The molecule has 11 heteroatoms. The number of nitrogens with zero attached hydrogens (tertiary/aromatic N) is 2. The number of carbonyl (C=O) groups excluding carboxylic acids is 3. The van der Waals surface area contributed by atoms with E-state index in [-0.39, 0.29) is 19.6 Å². The van der Waals surface area contributed by atoms with Crippen molar-refractivity contribution in [3.8, 4) is 11.5 Å². The van der Waals surface area contributed by atoms with Crippen LogP contribution in [0.5, 0.6) is 11.5 Å². The summed E-state index contributed by atoms with van der Waals surface area (Å²) < 4.78 is 10.5. The van der Waals surface area contributed by atoms with E-state index in [4.69, 9.17) is 14.6 Å². The minimum atomic E-state index is -1.36. The molecule has 2 aliphatic heterocycles. The van der Waals surface area contributed by atoms with Gasteiger partial charge in [-0.25, -0.2) is 9.59 Å². The minimum Gasteiger partial charge on any atom is -0.497 e. The molecule has 2 unspecified atom stereocenters. The molecule has 1 aromatic carbocycles. The Hall–Kier alpha value is -3.50. The summed E-state index contributed by atoms with van der Waals surface area (Å²) >= 11 is 0. The van der Waals surface area contributed by atoms with Gasteiger partial charge in [-0.2, -0.15) is 0 Å². The molecule has 28 heavy (non-hydrogen) atoms. The Kier molecular flexibility index (Phi) is 5.25. The zero-order valence-electron chi connectivity index (χ0n) is 15.3. The first-order valence-corrected chi connectivity index (χ1v) is 8.44. The van der Waals surface area contributed by atoms with Crippen LogP contribution in [0.2, 0.25) is 0 Å². The predicted molar refractivity (Wildman–Crippen MR) is 93.9 cm³/mol. The molecule has 0 radical (unpaired) electrons. The fourth-order valence-electron chi connectivity index (χ4n) is 3.29. The largest absolute Gasteiger partial charge is 0.497 e. The van der Waals surface area contributed by atoms with Gasteiger partial charge in [-0.3, -0.25) is 14.5 Å². The lowest BCUT2D eigenvalue weighted by Crippen LogP contribution is -2.73. The summed E-state index contributed by atoms with van der Waals surface area (Å²) in [5.41, 5.74) is 0.674. The first-order chi connectivity index (χ1) is 13.3. The van der Waals surface area contributed by atoms with Crippen molar-refractivity contribution in [2.75, 3.05) is 27.3 Å². The van der Waals surface area contributed by atoms with Gasteiger partial charge in [-0.05, 0) is 12.1 Å². The number of ether oxygens (including phenoxy) is 2. The average Bonchev–Trinajstić information content (AvgIpc) is 3.00. The molecule has 0 bridgehead atoms. The van der Waals surface area contributed by atoms with Gasteiger partial charge >= 0.3 is 12.1 Å². The fraction of sp³-hybridized carbons (Fsp3) is 0.412. The molecule has 2 atom stereocenters. The third-order valence-electron chi connectivity index (χ3n) is 4.75. The molecule has 0 spiro atoms. The van der Waals surface area contributed by atoms with Crippen molar-refractivity contribution in [3.05, 3.63) is 23.8 Å². The number of benzene rings is 1. The van der Waals surface area contributed by atoms with Crippen LogP contribution in [-0.2, 0) is 16.1 Å². The highest BCUT2D eigenvalue weighted by molar-refractivity contribution is 6.02. The molecular weight excluding hydrogens is 372 g/mol. The molecule has 2 saturated heterocycles. The van der Waals surface area contributed by atoms with E-state index in [9.17, 15) is 19.2 Å². The quantitative estimate of drug-likeness (QED) is 0.424. The lowest BCUT2D eigenvalue weighted by molar-refractivity contribution is -0.153. The number of methoxy groups -OCH3 is 2. The van der Waals surface area contributed by atoms with Crippen LogP contribution in [0.1, 0.15) is 5.56 Å². The van der Waals surface area contributed by atoms with Crippen LogP contribution in [0.4, 0.5) is 9.59 Å². The van der Waals surface area contributed by atoms with E-state index in [1.165, 1.54) is 19.1 Å². The third kappa shape index (κ3) is 3.50. The number of nitrogens with one attached hydrogen (secondary N) is 2. The maximum Gasteiger partial charge on any atom is 0.405 e. The molecule has 3 N–H and O–H groups in total. The van der Waals surface area contributed by atoms with Crippen LogP contribution in [0, 0.1) is 0 Å². The molecule has 11 nitrogen and oxygen atoms in total. The van der Waals surface area contributed by atoms with E-state index in [0.717, 1.165) is 4.90 Å². The highest BCUT2D eigenvalue weighted by Gasteiger charge is 2.50. The number of amides is 5. The number of likely N-dealkylation sites (tertiary alicyclic amines) is 1. The second-order valence-corrected chi connectivity index (χ2v) is 6.30. The van der Waals surface area contributed by atoms with Crippen molar-refractivity contribution < 1.29 is 33.8 Å². The van der Waals surface area contributed by atoms with Gasteiger partial charge in [-0.15, -0.1) is 0 Å². The van der Waals surface area contributed by atoms with Crippen molar-refractivity contribution in [2.24, 2.45) is 0 Å². The SMILES string of the molecule is COc1ccc(CN2C(=O)C(NC(=O)O)C2CN2C(=O)CNC2=O)c(OC)c1. The number of rotatable bonds is 7. The topological polar surface area (TPSA) is 138 Å². The predicted octanol–water partition coefficient (Wildman–Crippen LogP) is -0.397. The van der Waals surface area contributed by atoms with Crippen LogP contribution in [0.15, 0.2) is 18.2 Å². The highest BCUT2D eigenvalue weighted by Crippen LogP contribution is 2.30. The Labute approximate surface area is 160 Å². The number of hydrogen-bond acceptors (Lipinski definition) is 6. The van der Waals surface area contributed by atoms with E-state index in [1.807, 2.05) is 0 Å². The molecule has 2 fully saturated rings. The summed E-state index contributed by atoms with van der Waals surface area (Å²) in [6, 6.07) is 2.81. The zero-order valence-corrected chi connectivity index (χ0v) is 15.3. The second-order valence-electron chi connectivity index (χ2n) is 6.30. The summed E-state index contributed by atoms with van der Waals surface area (Å²) in [6.45, 7) is -0.110. The van der Waals surface area contributed by atoms with Gasteiger partial charge in [0, 0.05) is 18.2 Å². The second kappa shape index (κ2) is 7.62. The summed E-state index contributed by atoms with van der Waals surface area (Å²) in [5.74, 6) is 0.199. The Morgan fingerprint density at radius 1 is 1.29 bits per heavy atom. The molecule has 0 aromatic heterocycles. The molecule has 3 rings (SSSR count). The van der Waals surface area contributed by atoms with Gasteiger partial charge in [0.2, 0.25) is 11.8 Å². The minimum absolute atomic E-state index is 0.111. The highest BCUT2D eigenvalue weighted by atomic mass is 16.5. The Morgan fingerprint density at radius 2 is 2.04 bits per heavy atom. The Morgan fingerprint density at radius 3 is 2.61 bits per heavy atom. The van der Waals surface area contributed by atoms with Gasteiger partial charge in [0.25, 0.3) is 0 Å². The van der Waals surface area contributed by atoms with Gasteiger partial charge in [-0.1, -0.05) is 0 Å². The van der Waals surface area contributed by atoms with Crippen molar-refractivity contribution in [3.63, 3.8) is 0 Å². The molecule has 5 amide bonds. The summed E-state index contributed by atoms with van der Waals surface area (Å²) in [4.78, 5) is 49.6. The van der Waals surface area contributed by atoms with Crippen LogP contribution in [-0.4, -0.2) is 78.2 Å². The van der Waals surface area contributed by atoms with E-state index in [2.05, 4.69) is 10.6 Å². The monoisotopic (exact) mass is 392 g/mol. The molecule has 0 saturated carbocycles. The molecule has 2 heterocycles. The fourth-order valence-corrected chi connectivity index (χ4v) is 3.29.